The van der Waals surface area contributed by atoms with Crippen molar-refractivity contribution in [1.29, 1.82) is 0 Å². The van der Waals surface area contributed by atoms with E-state index >= 15 is 0 Å². The summed E-state index contributed by atoms with van der Waals surface area (Å²) in [6.45, 7) is 1.02. The topological polar surface area (TPSA) is 59.2 Å². The summed E-state index contributed by atoms with van der Waals surface area (Å²) in [5.74, 6) is 0.168. The SMILES string of the molecule is NCC1CC(=O)N(c2ncc(F)cc2Br)C1. The van der Waals surface area contributed by atoms with Crippen LogP contribution in [0, 0.1) is 11.7 Å². The average Bonchev–Trinajstić information content (AvgIpc) is 2.60. The van der Waals surface area contributed by atoms with Crippen LogP contribution in [0.5, 0.6) is 0 Å². The van der Waals surface area contributed by atoms with Crippen LogP contribution in [0.25, 0.3) is 0 Å². The zero-order valence-electron chi connectivity index (χ0n) is 8.49. The largest absolute Gasteiger partial charge is 0.330 e. The zero-order chi connectivity index (χ0) is 11.7. The maximum absolute atomic E-state index is 12.9. The quantitative estimate of drug-likeness (QED) is 0.892. The second-order valence-corrected chi connectivity index (χ2v) is 4.62. The lowest BCUT2D eigenvalue weighted by Gasteiger charge is -2.16. The van der Waals surface area contributed by atoms with Crippen molar-refractivity contribution in [2.45, 2.75) is 6.42 Å². The van der Waals surface area contributed by atoms with Crippen LogP contribution in [0.3, 0.4) is 0 Å². The van der Waals surface area contributed by atoms with E-state index < -0.39 is 5.82 Å². The molecule has 6 heteroatoms. The Hall–Kier alpha value is -1.01. The Balaban J connectivity index is 2.28. The number of aromatic nitrogens is 1. The summed E-state index contributed by atoms with van der Waals surface area (Å²) in [7, 11) is 0. The van der Waals surface area contributed by atoms with Gasteiger partial charge in [-0.3, -0.25) is 9.69 Å². The molecule has 86 valence electrons. The van der Waals surface area contributed by atoms with Gasteiger partial charge in [0.1, 0.15) is 11.6 Å². The molecule has 2 rings (SSSR count). The molecule has 2 heterocycles. The number of rotatable bonds is 2. The number of hydrogen-bond donors (Lipinski definition) is 1. The van der Waals surface area contributed by atoms with Gasteiger partial charge in [-0.2, -0.15) is 0 Å². The van der Waals surface area contributed by atoms with E-state index in [0.29, 0.717) is 29.8 Å². The molecule has 0 saturated carbocycles. The number of anilines is 1. The lowest BCUT2D eigenvalue weighted by molar-refractivity contribution is -0.117. The molecule has 4 nitrogen and oxygen atoms in total. The Morgan fingerprint density at radius 2 is 2.44 bits per heavy atom. The van der Waals surface area contributed by atoms with Crippen molar-refractivity contribution >= 4 is 27.7 Å². The van der Waals surface area contributed by atoms with Crippen molar-refractivity contribution in [3.8, 4) is 0 Å². The number of hydrogen-bond acceptors (Lipinski definition) is 3. The van der Waals surface area contributed by atoms with E-state index in [1.54, 1.807) is 4.90 Å². The number of carbonyl (C=O) groups excluding carboxylic acids is 1. The fourth-order valence-electron chi connectivity index (χ4n) is 1.75. The first-order chi connectivity index (χ1) is 7.61. The lowest BCUT2D eigenvalue weighted by Crippen LogP contribution is -2.27. The monoisotopic (exact) mass is 287 g/mol. The van der Waals surface area contributed by atoms with Gasteiger partial charge in [-0.25, -0.2) is 9.37 Å². The third-order valence-corrected chi connectivity index (χ3v) is 3.17. The number of amides is 1. The first kappa shape index (κ1) is 11.5. The molecule has 0 bridgehead atoms. The molecule has 1 aliphatic rings. The Labute approximate surface area is 101 Å². The predicted octanol–water partition coefficient (Wildman–Crippen LogP) is 1.29. The summed E-state index contributed by atoms with van der Waals surface area (Å²) in [4.78, 5) is 17.2. The van der Waals surface area contributed by atoms with Gasteiger partial charge in [0.15, 0.2) is 0 Å². The molecule has 1 aromatic heterocycles. The maximum atomic E-state index is 12.9. The van der Waals surface area contributed by atoms with Crippen LogP contribution in [-0.4, -0.2) is 24.0 Å². The van der Waals surface area contributed by atoms with Gasteiger partial charge in [-0.1, -0.05) is 0 Å². The number of pyridine rings is 1. The van der Waals surface area contributed by atoms with E-state index in [2.05, 4.69) is 20.9 Å². The highest BCUT2D eigenvalue weighted by Crippen LogP contribution is 2.29. The highest BCUT2D eigenvalue weighted by atomic mass is 79.9. The van der Waals surface area contributed by atoms with E-state index in [9.17, 15) is 9.18 Å². The molecule has 1 aromatic rings. The van der Waals surface area contributed by atoms with E-state index in [4.69, 9.17) is 5.73 Å². The van der Waals surface area contributed by atoms with Crippen LogP contribution >= 0.6 is 15.9 Å². The van der Waals surface area contributed by atoms with Crippen LogP contribution in [0.2, 0.25) is 0 Å². The van der Waals surface area contributed by atoms with Crippen molar-refractivity contribution < 1.29 is 9.18 Å². The molecular formula is C10H11BrFN3O. The Morgan fingerprint density at radius 1 is 1.69 bits per heavy atom. The van der Waals surface area contributed by atoms with Gasteiger partial charge in [0.05, 0.1) is 10.7 Å². The Bertz CT molecular complexity index is 427. The van der Waals surface area contributed by atoms with Crippen molar-refractivity contribution in [3.63, 3.8) is 0 Å². The van der Waals surface area contributed by atoms with Gasteiger partial charge >= 0.3 is 0 Å². The van der Waals surface area contributed by atoms with Crippen molar-refractivity contribution in [2.75, 3.05) is 18.0 Å². The van der Waals surface area contributed by atoms with E-state index in [1.807, 2.05) is 0 Å². The molecule has 1 aliphatic heterocycles. The summed E-state index contributed by atoms with van der Waals surface area (Å²) in [5.41, 5.74) is 5.53. The number of nitrogens with zero attached hydrogens (tertiary/aromatic N) is 2. The molecule has 1 atom stereocenters. The van der Waals surface area contributed by atoms with Crippen LogP contribution in [0.4, 0.5) is 10.2 Å². The van der Waals surface area contributed by atoms with Gasteiger partial charge in [0.2, 0.25) is 5.91 Å². The van der Waals surface area contributed by atoms with Gasteiger partial charge in [0.25, 0.3) is 0 Å². The molecule has 0 radical (unpaired) electrons. The third kappa shape index (κ3) is 2.08. The van der Waals surface area contributed by atoms with Crippen LogP contribution in [0.15, 0.2) is 16.7 Å². The van der Waals surface area contributed by atoms with Crippen LogP contribution in [-0.2, 0) is 4.79 Å². The van der Waals surface area contributed by atoms with E-state index in [1.165, 1.54) is 6.07 Å². The molecular weight excluding hydrogens is 277 g/mol. The highest BCUT2D eigenvalue weighted by molar-refractivity contribution is 9.10. The standard InChI is InChI=1S/C10H11BrFN3O/c11-8-2-7(12)4-14-10(8)15-5-6(3-13)1-9(15)16/h2,4,6H,1,3,5,13H2. The Morgan fingerprint density at radius 3 is 3.00 bits per heavy atom. The van der Waals surface area contributed by atoms with Gasteiger partial charge < -0.3 is 5.73 Å². The number of carbonyl (C=O) groups is 1. The second-order valence-electron chi connectivity index (χ2n) is 3.77. The van der Waals surface area contributed by atoms with Crippen molar-refractivity contribution in [1.82, 2.24) is 4.98 Å². The molecule has 1 amide bonds. The van der Waals surface area contributed by atoms with Crippen molar-refractivity contribution in [2.24, 2.45) is 11.7 Å². The maximum Gasteiger partial charge on any atom is 0.228 e. The molecule has 0 aliphatic carbocycles. The molecule has 0 spiro atoms. The summed E-state index contributed by atoms with van der Waals surface area (Å²) in [6, 6.07) is 1.30. The number of nitrogens with two attached hydrogens (primary N) is 1. The molecule has 0 aromatic carbocycles. The summed E-state index contributed by atoms with van der Waals surface area (Å²) < 4.78 is 13.3. The first-order valence-electron chi connectivity index (χ1n) is 4.93. The number of halogens is 2. The minimum Gasteiger partial charge on any atom is -0.330 e. The fourth-order valence-corrected chi connectivity index (χ4v) is 2.29. The van der Waals surface area contributed by atoms with Gasteiger partial charge in [-0.15, -0.1) is 0 Å². The zero-order valence-corrected chi connectivity index (χ0v) is 10.1. The highest BCUT2D eigenvalue weighted by Gasteiger charge is 2.31. The summed E-state index contributed by atoms with van der Waals surface area (Å²) in [5, 5.41) is 0. The predicted molar refractivity (Wildman–Crippen MR) is 61.4 cm³/mol. The van der Waals surface area contributed by atoms with Crippen LogP contribution < -0.4 is 10.6 Å². The smallest absolute Gasteiger partial charge is 0.228 e. The summed E-state index contributed by atoms with van der Waals surface area (Å²) >= 11 is 3.20. The minimum absolute atomic E-state index is 0.0183. The van der Waals surface area contributed by atoms with Gasteiger partial charge in [-0.05, 0) is 34.5 Å². The van der Waals surface area contributed by atoms with Crippen LogP contribution in [0.1, 0.15) is 6.42 Å². The normalized spacial score (nSPS) is 20.6. The molecule has 2 N–H and O–H groups in total. The third-order valence-electron chi connectivity index (χ3n) is 2.58. The molecule has 1 fully saturated rings. The van der Waals surface area contributed by atoms with Gasteiger partial charge in [0, 0.05) is 13.0 Å². The van der Waals surface area contributed by atoms with E-state index in [0.717, 1.165) is 6.20 Å². The molecule has 1 unspecified atom stereocenters. The lowest BCUT2D eigenvalue weighted by atomic mass is 10.1. The van der Waals surface area contributed by atoms with E-state index in [-0.39, 0.29) is 11.8 Å². The fraction of sp³-hybridized carbons (Fsp3) is 0.400. The molecule has 1 saturated heterocycles. The van der Waals surface area contributed by atoms with Crippen molar-refractivity contribution in [3.05, 3.63) is 22.6 Å². The minimum atomic E-state index is -0.433. The second kappa shape index (κ2) is 4.47. The molecule has 16 heavy (non-hydrogen) atoms. The average molecular weight is 288 g/mol. The Kier molecular flexibility index (Phi) is 3.20. The summed E-state index contributed by atoms with van der Waals surface area (Å²) in [6.07, 6.45) is 1.53. The first-order valence-corrected chi connectivity index (χ1v) is 5.72.